The molecule has 4 rings (SSSR count). The van der Waals surface area contributed by atoms with Gasteiger partial charge in [-0.2, -0.15) is 0 Å². The first-order valence-electron chi connectivity index (χ1n) is 8.09. The number of allylic oxidation sites excluding steroid dienone is 2. The summed E-state index contributed by atoms with van der Waals surface area (Å²) in [6.07, 6.45) is 3.43. The molecule has 0 unspecified atom stereocenters. The molecule has 25 heavy (non-hydrogen) atoms. The van der Waals surface area contributed by atoms with Crippen LogP contribution < -0.4 is 0 Å². The van der Waals surface area contributed by atoms with Crippen molar-refractivity contribution in [2.45, 2.75) is 12.5 Å². The Morgan fingerprint density at radius 3 is 2.72 bits per heavy atom. The number of fused-ring (bicyclic) bond motifs is 2. The maximum atomic E-state index is 11.3. The molecule has 0 radical (unpaired) electrons. The van der Waals surface area contributed by atoms with Crippen LogP contribution in [0.5, 0.6) is 0 Å². The van der Waals surface area contributed by atoms with Crippen molar-refractivity contribution in [3.63, 3.8) is 0 Å². The van der Waals surface area contributed by atoms with Crippen LogP contribution in [0.1, 0.15) is 18.5 Å². The first-order chi connectivity index (χ1) is 12.1. The molecule has 0 aliphatic carbocycles. The lowest BCUT2D eigenvalue weighted by molar-refractivity contribution is 0.0914. The number of nitrogens with zero attached hydrogens (tertiary/aromatic N) is 1. The van der Waals surface area contributed by atoms with Crippen molar-refractivity contribution in [1.82, 2.24) is 9.97 Å². The summed E-state index contributed by atoms with van der Waals surface area (Å²) in [5.41, 5.74) is 2.40. The van der Waals surface area contributed by atoms with Gasteiger partial charge in [-0.05, 0) is 36.6 Å². The molecule has 0 bridgehead atoms. The van der Waals surface area contributed by atoms with E-state index in [2.05, 4.69) is 16.5 Å². The Balaban J connectivity index is 1.86. The number of oxazole rings is 1. The highest BCUT2D eigenvalue weighted by atomic mass is 16.4. The molecule has 0 aliphatic rings. The van der Waals surface area contributed by atoms with Gasteiger partial charge in [0.2, 0.25) is 5.89 Å². The number of para-hydroxylation sites is 3. The van der Waals surface area contributed by atoms with E-state index in [1.165, 1.54) is 0 Å². The van der Waals surface area contributed by atoms with Gasteiger partial charge in [0.25, 0.3) is 0 Å². The number of aromatic nitrogens is 2. The molecular weight excluding hydrogens is 312 g/mol. The van der Waals surface area contributed by atoms with Crippen molar-refractivity contribution >= 4 is 27.6 Å². The Labute approximate surface area is 145 Å². The van der Waals surface area contributed by atoms with Gasteiger partial charge in [-0.15, -0.1) is 0 Å². The van der Waals surface area contributed by atoms with Gasteiger partial charge >= 0.3 is 0 Å². The molecule has 124 valence electrons. The van der Waals surface area contributed by atoms with E-state index in [9.17, 15) is 5.11 Å². The molecule has 1 atom stereocenters. The minimum Gasteiger partial charge on any atom is -0.437 e. The average molecular weight is 330 g/mol. The lowest BCUT2D eigenvalue weighted by Gasteiger charge is -2.22. The zero-order valence-corrected chi connectivity index (χ0v) is 13.9. The lowest BCUT2D eigenvalue weighted by atomic mass is 9.92. The van der Waals surface area contributed by atoms with Crippen molar-refractivity contribution in [3.05, 3.63) is 84.9 Å². The molecule has 0 spiro atoms. The second-order valence-corrected chi connectivity index (χ2v) is 6.15. The van der Waals surface area contributed by atoms with E-state index in [1.807, 2.05) is 54.6 Å². The Morgan fingerprint density at radius 2 is 1.96 bits per heavy atom. The molecule has 0 fully saturated rings. The third-order valence-corrected chi connectivity index (χ3v) is 4.34. The summed E-state index contributed by atoms with van der Waals surface area (Å²) in [7, 11) is 0. The second-order valence-electron chi connectivity index (χ2n) is 6.15. The van der Waals surface area contributed by atoms with E-state index in [-0.39, 0.29) is 5.89 Å². The van der Waals surface area contributed by atoms with E-state index in [4.69, 9.17) is 4.42 Å². The Kier molecular flexibility index (Phi) is 3.55. The van der Waals surface area contributed by atoms with Crippen LogP contribution in [0.2, 0.25) is 0 Å². The predicted octanol–water partition coefficient (Wildman–Crippen LogP) is 4.79. The maximum absolute atomic E-state index is 11.3. The van der Waals surface area contributed by atoms with Gasteiger partial charge in [0, 0.05) is 16.8 Å². The maximum Gasteiger partial charge on any atom is 0.231 e. The van der Waals surface area contributed by atoms with Crippen molar-refractivity contribution in [2.75, 3.05) is 0 Å². The monoisotopic (exact) mass is 330 g/mol. The van der Waals surface area contributed by atoms with Crippen LogP contribution in [0.3, 0.4) is 0 Å². The van der Waals surface area contributed by atoms with Gasteiger partial charge in [-0.1, -0.05) is 49.1 Å². The summed E-state index contributed by atoms with van der Waals surface area (Å²) in [4.78, 5) is 7.81. The summed E-state index contributed by atoms with van der Waals surface area (Å²) in [6, 6.07) is 17.4. The molecule has 2 N–H and O–H groups in total. The van der Waals surface area contributed by atoms with Crippen LogP contribution in [-0.4, -0.2) is 15.1 Å². The van der Waals surface area contributed by atoms with Gasteiger partial charge in [-0.25, -0.2) is 4.98 Å². The normalized spacial score (nSPS) is 14.7. The lowest BCUT2D eigenvalue weighted by Crippen LogP contribution is -2.24. The number of nitrogens with one attached hydrogen (secondary N) is 1. The molecule has 2 aromatic heterocycles. The van der Waals surface area contributed by atoms with Crippen LogP contribution in [0.15, 0.2) is 77.7 Å². The van der Waals surface area contributed by atoms with E-state index >= 15 is 0 Å². The van der Waals surface area contributed by atoms with Gasteiger partial charge < -0.3 is 14.5 Å². The quantitative estimate of drug-likeness (QED) is 0.529. The summed E-state index contributed by atoms with van der Waals surface area (Å²) >= 11 is 0. The van der Waals surface area contributed by atoms with Gasteiger partial charge in [0.1, 0.15) is 5.52 Å². The molecule has 0 aliphatic heterocycles. The highest BCUT2D eigenvalue weighted by Gasteiger charge is 2.35. The number of hydrogen-bond acceptors (Lipinski definition) is 3. The van der Waals surface area contributed by atoms with Gasteiger partial charge in [0.15, 0.2) is 11.2 Å². The Bertz CT molecular complexity index is 1030. The third-order valence-electron chi connectivity index (χ3n) is 4.34. The van der Waals surface area contributed by atoms with Crippen LogP contribution >= 0.6 is 0 Å². The summed E-state index contributed by atoms with van der Waals surface area (Å²) in [5, 5.41) is 12.3. The van der Waals surface area contributed by atoms with Crippen molar-refractivity contribution in [3.8, 4) is 0 Å². The highest BCUT2D eigenvalue weighted by Crippen LogP contribution is 2.37. The Hall–Kier alpha value is -3.11. The molecular formula is C21H18N2O2. The van der Waals surface area contributed by atoms with Crippen molar-refractivity contribution in [1.29, 1.82) is 0 Å². The predicted molar refractivity (Wildman–Crippen MR) is 100 cm³/mol. The number of aromatic amines is 1. The molecule has 0 saturated carbocycles. The Morgan fingerprint density at radius 1 is 1.20 bits per heavy atom. The van der Waals surface area contributed by atoms with Crippen LogP contribution in [0, 0.1) is 0 Å². The van der Waals surface area contributed by atoms with E-state index < -0.39 is 5.60 Å². The van der Waals surface area contributed by atoms with Crippen LogP contribution in [0.4, 0.5) is 0 Å². The molecule has 2 heterocycles. The smallest absolute Gasteiger partial charge is 0.231 e. The summed E-state index contributed by atoms with van der Waals surface area (Å²) in [6.45, 7) is 5.46. The number of aliphatic hydroxyl groups is 1. The summed E-state index contributed by atoms with van der Waals surface area (Å²) in [5.74, 6) is 0.250. The van der Waals surface area contributed by atoms with Crippen molar-refractivity contribution < 1.29 is 9.52 Å². The fraction of sp³-hybridized carbons (Fsp3) is 0.0952. The first kappa shape index (κ1) is 15.4. The second kappa shape index (κ2) is 5.76. The first-order valence-corrected chi connectivity index (χ1v) is 8.09. The number of hydrogen-bond donors (Lipinski definition) is 2. The molecule has 4 aromatic rings. The van der Waals surface area contributed by atoms with Crippen molar-refractivity contribution in [2.24, 2.45) is 0 Å². The summed E-state index contributed by atoms with van der Waals surface area (Å²) < 4.78 is 5.81. The van der Waals surface area contributed by atoms with Crippen LogP contribution in [-0.2, 0) is 5.60 Å². The standard InChI is InChI=1S/C21H18N2O2/c1-3-8-15(18-13-14-9-4-5-10-16(14)22-18)21(2,24)20-23-17-11-6-7-12-19(17)25-20/h3-13,22,24H,1H2,2H3/b15-8+/t21-/m0/s1. The molecule has 2 aromatic carbocycles. The topological polar surface area (TPSA) is 62.0 Å². The minimum atomic E-state index is -1.41. The van der Waals surface area contributed by atoms with E-state index in [0.717, 1.165) is 16.6 Å². The SMILES string of the molecule is C=C/C=C(\c1cc2ccccc2[nH]1)[C@](C)(O)c1nc2ccccc2o1. The number of H-pyrrole nitrogens is 1. The highest BCUT2D eigenvalue weighted by molar-refractivity contribution is 5.86. The fourth-order valence-corrected chi connectivity index (χ4v) is 3.05. The van der Waals surface area contributed by atoms with Crippen LogP contribution in [0.25, 0.3) is 27.6 Å². The minimum absolute atomic E-state index is 0.250. The third kappa shape index (κ3) is 2.57. The average Bonchev–Trinajstić information content (AvgIpc) is 3.23. The molecule has 4 heteroatoms. The number of rotatable bonds is 4. The van der Waals surface area contributed by atoms with E-state index in [1.54, 1.807) is 19.1 Å². The fourth-order valence-electron chi connectivity index (χ4n) is 3.05. The number of benzene rings is 2. The molecule has 0 saturated heterocycles. The van der Waals surface area contributed by atoms with E-state index in [0.29, 0.717) is 16.7 Å². The zero-order valence-electron chi connectivity index (χ0n) is 13.9. The van der Waals surface area contributed by atoms with Gasteiger partial charge in [-0.3, -0.25) is 0 Å². The molecule has 4 nitrogen and oxygen atoms in total. The molecule has 0 amide bonds. The largest absolute Gasteiger partial charge is 0.437 e. The van der Waals surface area contributed by atoms with Gasteiger partial charge in [0.05, 0.1) is 0 Å². The zero-order chi connectivity index (χ0) is 17.4.